The molecular weight excluding hydrogens is 304 g/mol. The maximum absolute atomic E-state index is 12.0. The molecule has 24 heavy (non-hydrogen) atoms. The molecule has 0 aromatic heterocycles. The number of nitrogens with one attached hydrogen (secondary N) is 1. The van der Waals surface area contributed by atoms with E-state index in [4.69, 9.17) is 16.0 Å². The Balaban J connectivity index is 1.61. The van der Waals surface area contributed by atoms with Gasteiger partial charge in [-0.3, -0.25) is 10.2 Å². The molecule has 1 saturated heterocycles. The Labute approximate surface area is 142 Å². The lowest BCUT2D eigenvalue weighted by Gasteiger charge is -2.37. The summed E-state index contributed by atoms with van der Waals surface area (Å²) in [4.78, 5) is 19.7. The van der Waals surface area contributed by atoms with Crippen molar-refractivity contribution < 1.29 is 9.63 Å². The van der Waals surface area contributed by atoms with Crippen LogP contribution in [0.15, 0.2) is 29.4 Å². The summed E-state index contributed by atoms with van der Waals surface area (Å²) >= 11 is 0. The molecule has 3 rings (SSSR count). The van der Waals surface area contributed by atoms with Crippen molar-refractivity contribution in [2.45, 2.75) is 44.6 Å². The Morgan fingerprint density at radius 1 is 1.33 bits per heavy atom. The third-order valence-corrected chi connectivity index (χ3v) is 4.86. The van der Waals surface area contributed by atoms with Crippen LogP contribution in [0.5, 0.6) is 0 Å². The zero-order chi connectivity index (χ0) is 17.2. The SMILES string of the molecule is CCCC(=O)N1CCC2(CC1)CC(c1ccc(C(=N)N)cc1)=NO2. The van der Waals surface area contributed by atoms with Gasteiger partial charge in [-0.15, -0.1) is 0 Å². The molecule has 1 aromatic rings. The minimum absolute atomic E-state index is 0.0618. The van der Waals surface area contributed by atoms with E-state index in [9.17, 15) is 4.79 Å². The number of nitrogens with zero attached hydrogens (tertiary/aromatic N) is 2. The number of hydrogen-bond acceptors (Lipinski definition) is 4. The highest BCUT2D eigenvalue weighted by molar-refractivity contribution is 6.03. The number of piperidine rings is 1. The summed E-state index contributed by atoms with van der Waals surface area (Å²) < 4.78 is 0. The van der Waals surface area contributed by atoms with E-state index < -0.39 is 0 Å². The first-order valence-electron chi connectivity index (χ1n) is 8.51. The number of benzene rings is 1. The molecule has 3 N–H and O–H groups in total. The molecule has 0 saturated carbocycles. The first-order chi connectivity index (χ1) is 11.5. The van der Waals surface area contributed by atoms with Crippen LogP contribution in [0, 0.1) is 5.41 Å². The molecule has 0 atom stereocenters. The maximum atomic E-state index is 12.0. The van der Waals surface area contributed by atoms with Crippen molar-refractivity contribution in [2.75, 3.05) is 13.1 Å². The third kappa shape index (κ3) is 3.27. The lowest BCUT2D eigenvalue weighted by atomic mass is 9.85. The Bertz CT molecular complexity index is 658. The molecule has 6 heteroatoms. The van der Waals surface area contributed by atoms with E-state index in [1.54, 1.807) is 0 Å². The minimum Gasteiger partial charge on any atom is -0.388 e. The van der Waals surface area contributed by atoms with Crippen LogP contribution in [-0.4, -0.2) is 41.0 Å². The monoisotopic (exact) mass is 328 g/mol. The van der Waals surface area contributed by atoms with Crippen LogP contribution in [0.25, 0.3) is 0 Å². The van der Waals surface area contributed by atoms with Crippen molar-refractivity contribution in [3.05, 3.63) is 35.4 Å². The number of amidine groups is 1. The van der Waals surface area contributed by atoms with Gasteiger partial charge in [0.05, 0.1) is 5.71 Å². The number of carbonyl (C=O) groups excluding carboxylic acids is 1. The van der Waals surface area contributed by atoms with E-state index in [0.717, 1.165) is 50.0 Å². The molecule has 2 aliphatic heterocycles. The molecule has 1 spiro atoms. The molecule has 2 heterocycles. The molecule has 1 aromatic carbocycles. The second-order valence-corrected chi connectivity index (χ2v) is 6.61. The van der Waals surface area contributed by atoms with Gasteiger partial charge in [-0.1, -0.05) is 36.3 Å². The molecule has 0 radical (unpaired) electrons. The van der Waals surface area contributed by atoms with Gasteiger partial charge in [0.2, 0.25) is 5.91 Å². The number of likely N-dealkylation sites (tertiary alicyclic amines) is 1. The number of amides is 1. The van der Waals surface area contributed by atoms with Crippen LogP contribution in [-0.2, 0) is 9.63 Å². The first-order valence-corrected chi connectivity index (χ1v) is 8.51. The van der Waals surface area contributed by atoms with Crippen molar-refractivity contribution in [1.82, 2.24) is 4.90 Å². The zero-order valence-electron chi connectivity index (χ0n) is 14.0. The Kier molecular flexibility index (Phi) is 4.55. The molecule has 2 aliphatic rings. The summed E-state index contributed by atoms with van der Waals surface area (Å²) in [6.45, 7) is 3.51. The predicted molar refractivity (Wildman–Crippen MR) is 93.2 cm³/mol. The smallest absolute Gasteiger partial charge is 0.222 e. The quantitative estimate of drug-likeness (QED) is 0.656. The van der Waals surface area contributed by atoms with Crippen molar-refractivity contribution in [1.29, 1.82) is 5.41 Å². The van der Waals surface area contributed by atoms with E-state index >= 15 is 0 Å². The summed E-state index contributed by atoms with van der Waals surface area (Å²) in [6, 6.07) is 7.52. The van der Waals surface area contributed by atoms with Gasteiger partial charge in [0.1, 0.15) is 11.4 Å². The Hall–Kier alpha value is -2.37. The molecule has 0 unspecified atom stereocenters. The summed E-state index contributed by atoms with van der Waals surface area (Å²) in [7, 11) is 0. The maximum Gasteiger partial charge on any atom is 0.222 e. The van der Waals surface area contributed by atoms with Gasteiger partial charge in [0.25, 0.3) is 0 Å². The topological polar surface area (TPSA) is 91.8 Å². The van der Waals surface area contributed by atoms with Crippen LogP contribution in [0.3, 0.4) is 0 Å². The summed E-state index contributed by atoms with van der Waals surface area (Å²) in [5.74, 6) is 0.304. The number of carbonyl (C=O) groups is 1. The Morgan fingerprint density at radius 3 is 2.58 bits per heavy atom. The lowest BCUT2D eigenvalue weighted by Crippen LogP contribution is -2.46. The van der Waals surface area contributed by atoms with E-state index in [1.165, 1.54) is 0 Å². The second-order valence-electron chi connectivity index (χ2n) is 6.61. The average Bonchev–Trinajstić information content (AvgIpc) is 2.99. The third-order valence-electron chi connectivity index (χ3n) is 4.86. The standard InChI is InChI=1S/C18H24N4O2/c1-2-3-16(23)22-10-8-18(9-11-22)12-15(21-24-18)13-4-6-14(7-5-13)17(19)20/h4-7H,2-3,8-12H2,1H3,(H3,19,20). The van der Waals surface area contributed by atoms with Gasteiger partial charge in [0, 0.05) is 44.3 Å². The van der Waals surface area contributed by atoms with Gasteiger partial charge in [0.15, 0.2) is 0 Å². The van der Waals surface area contributed by atoms with E-state index in [-0.39, 0.29) is 17.3 Å². The van der Waals surface area contributed by atoms with Gasteiger partial charge in [-0.25, -0.2) is 0 Å². The number of oxime groups is 1. The second kappa shape index (κ2) is 6.63. The fraction of sp³-hybridized carbons (Fsp3) is 0.500. The largest absolute Gasteiger partial charge is 0.388 e. The molecule has 1 fully saturated rings. The minimum atomic E-state index is -0.266. The van der Waals surface area contributed by atoms with Crippen LogP contribution in [0.2, 0.25) is 0 Å². The summed E-state index contributed by atoms with van der Waals surface area (Å²) in [6.07, 6.45) is 3.92. The predicted octanol–water partition coefficient (Wildman–Crippen LogP) is 2.26. The highest BCUT2D eigenvalue weighted by Crippen LogP contribution is 2.36. The van der Waals surface area contributed by atoms with Gasteiger partial charge in [-0.2, -0.15) is 0 Å². The molecular formula is C18H24N4O2. The summed E-state index contributed by atoms with van der Waals surface area (Å²) in [5.41, 5.74) is 7.85. The fourth-order valence-electron chi connectivity index (χ4n) is 3.32. The number of nitrogen functional groups attached to an aromatic ring is 1. The number of hydrogen-bond donors (Lipinski definition) is 2. The van der Waals surface area contributed by atoms with Crippen LogP contribution < -0.4 is 5.73 Å². The van der Waals surface area contributed by atoms with Crippen molar-refractivity contribution in [3.8, 4) is 0 Å². The van der Waals surface area contributed by atoms with E-state index in [0.29, 0.717) is 12.0 Å². The molecule has 128 valence electrons. The van der Waals surface area contributed by atoms with Crippen LogP contribution in [0.4, 0.5) is 0 Å². The van der Waals surface area contributed by atoms with Crippen LogP contribution in [0.1, 0.15) is 50.2 Å². The van der Waals surface area contributed by atoms with E-state index in [1.807, 2.05) is 36.1 Å². The zero-order valence-corrected chi connectivity index (χ0v) is 14.0. The van der Waals surface area contributed by atoms with Crippen LogP contribution >= 0.6 is 0 Å². The highest BCUT2D eigenvalue weighted by Gasteiger charge is 2.42. The van der Waals surface area contributed by atoms with Crippen molar-refractivity contribution >= 4 is 17.5 Å². The fourth-order valence-corrected chi connectivity index (χ4v) is 3.32. The number of nitrogens with two attached hydrogens (primary N) is 1. The molecule has 6 nitrogen and oxygen atoms in total. The van der Waals surface area contributed by atoms with Gasteiger partial charge >= 0.3 is 0 Å². The van der Waals surface area contributed by atoms with Gasteiger partial charge in [-0.05, 0) is 12.0 Å². The summed E-state index contributed by atoms with van der Waals surface area (Å²) in [5, 5.41) is 11.7. The Morgan fingerprint density at radius 2 is 2.00 bits per heavy atom. The lowest BCUT2D eigenvalue weighted by molar-refractivity contribution is -0.136. The number of rotatable bonds is 4. The van der Waals surface area contributed by atoms with Crippen molar-refractivity contribution in [2.24, 2.45) is 10.9 Å². The molecule has 1 amide bonds. The molecule has 0 bridgehead atoms. The van der Waals surface area contributed by atoms with E-state index in [2.05, 4.69) is 5.16 Å². The normalized spacial score (nSPS) is 19.0. The highest BCUT2D eigenvalue weighted by atomic mass is 16.7. The first kappa shape index (κ1) is 16.5. The van der Waals surface area contributed by atoms with Crippen molar-refractivity contribution in [3.63, 3.8) is 0 Å². The van der Waals surface area contributed by atoms with Gasteiger partial charge < -0.3 is 15.5 Å². The molecule has 0 aliphatic carbocycles. The average molecular weight is 328 g/mol.